The summed E-state index contributed by atoms with van der Waals surface area (Å²) in [4.78, 5) is 19.9. The molecule has 17 heavy (non-hydrogen) atoms. The van der Waals surface area contributed by atoms with E-state index in [0.717, 1.165) is 5.69 Å². The minimum atomic E-state index is -0.157. The maximum Gasteiger partial charge on any atom is 0.253 e. The molecule has 2 aromatic heterocycles. The molecule has 2 aromatic rings. The van der Waals surface area contributed by atoms with Crippen LogP contribution in [0.15, 0.2) is 47.3 Å². The van der Waals surface area contributed by atoms with Gasteiger partial charge in [0.05, 0.1) is 17.8 Å². The molecule has 0 aliphatic heterocycles. The second-order valence-electron chi connectivity index (χ2n) is 3.37. The van der Waals surface area contributed by atoms with Gasteiger partial charge in [-0.05, 0) is 40.2 Å². The van der Waals surface area contributed by atoms with Crippen LogP contribution in [-0.4, -0.2) is 15.9 Å². The van der Waals surface area contributed by atoms with E-state index in [1.165, 1.54) is 6.20 Å². The number of pyridine rings is 2. The summed E-state index contributed by atoms with van der Waals surface area (Å²) in [6.45, 7) is 0.412. The van der Waals surface area contributed by atoms with E-state index in [1.54, 1.807) is 18.3 Å². The molecule has 0 aliphatic rings. The molecular weight excluding hydrogens is 282 g/mol. The van der Waals surface area contributed by atoms with Crippen molar-refractivity contribution in [2.75, 3.05) is 0 Å². The molecule has 0 unspecified atom stereocenters. The Hall–Kier alpha value is -1.75. The maximum absolute atomic E-state index is 11.7. The quantitative estimate of drug-likeness (QED) is 0.882. The number of carbonyl (C=O) groups excluding carboxylic acids is 1. The fraction of sp³-hybridized carbons (Fsp3) is 0.0833. The van der Waals surface area contributed by atoms with E-state index in [-0.39, 0.29) is 5.91 Å². The van der Waals surface area contributed by atoms with Crippen molar-refractivity contribution in [2.45, 2.75) is 6.54 Å². The van der Waals surface area contributed by atoms with Crippen LogP contribution in [0.2, 0.25) is 0 Å². The minimum Gasteiger partial charge on any atom is -0.346 e. The highest BCUT2D eigenvalue weighted by atomic mass is 79.9. The topological polar surface area (TPSA) is 54.9 Å². The summed E-state index contributed by atoms with van der Waals surface area (Å²) in [6.07, 6.45) is 3.22. The zero-order valence-electron chi connectivity index (χ0n) is 8.93. The lowest BCUT2D eigenvalue weighted by Gasteiger charge is -2.04. The van der Waals surface area contributed by atoms with Gasteiger partial charge in [0, 0.05) is 12.4 Å². The van der Waals surface area contributed by atoms with Crippen molar-refractivity contribution >= 4 is 21.8 Å². The molecule has 0 fully saturated rings. The van der Waals surface area contributed by atoms with Gasteiger partial charge in [0.1, 0.15) is 4.60 Å². The zero-order chi connectivity index (χ0) is 12.1. The summed E-state index contributed by atoms with van der Waals surface area (Å²) in [5.74, 6) is -0.157. The highest BCUT2D eigenvalue weighted by Gasteiger charge is 2.05. The molecule has 1 amide bonds. The van der Waals surface area contributed by atoms with E-state index in [4.69, 9.17) is 0 Å². The number of carbonyl (C=O) groups is 1. The highest BCUT2D eigenvalue weighted by molar-refractivity contribution is 9.10. The standard InChI is InChI=1S/C12H10BrN3O/c13-11-5-4-9(7-15-11)12(17)16-8-10-3-1-2-6-14-10/h1-7H,8H2,(H,16,17). The Balaban J connectivity index is 1.96. The van der Waals surface area contributed by atoms with Gasteiger partial charge in [0.2, 0.25) is 0 Å². The minimum absolute atomic E-state index is 0.157. The third-order valence-electron chi connectivity index (χ3n) is 2.15. The molecular formula is C12H10BrN3O. The van der Waals surface area contributed by atoms with Crippen molar-refractivity contribution in [3.63, 3.8) is 0 Å². The second-order valence-corrected chi connectivity index (χ2v) is 4.19. The fourth-order valence-electron chi connectivity index (χ4n) is 1.29. The Morgan fingerprint density at radius 1 is 1.24 bits per heavy atom. The van der Waals surface area contributed by atoms with Crippen molar-refractivity contribution in [1.29, 1.82) is 0 Å². The average molecular weight is 292 g/mol. The summed E-state index contributed by atoms with van der Waals surface area (Å²) >= 11 is 3.22. The average Bonchev–Trinajstić information content (AvgIpc) is 2.38. The van der Waals surface area contributed by atoms with Gasteiger partial charge < -0.3 is 5.32 Å². The van der Waals surface area contributed by atoms with E-state index in [2.05, 4.69) is 31.2 Å². The zero-order valence-corrected chi connectivity index (χ0v) is 10.5. The normalized spacial score (nSPS) is 9.94. The smallest absolute Gasteiger partial charge is 0.253 e. The summed E-state index contributed by atoms with van der Waals surface area (Å²) in [5.41, 5.74) is 1.36. The predicted molar refractivity (Wildman–Crippen MR) is 67.3 cm³/mol. The monoisotopic (exact) mass is 291 g/mol. The first kappa shape index (κ1) is 11.7. The Morgan fingerprint density at radius 2 is 2.12 bits per heavy atom. The van der Waals surface area contributed by atoms with Gasteiger partial charge in [-0.2, -0.15) is 0 Å². The Morgan fingerprint density at radius 3 is 2.76 bits per heavy atom. The molecule has 0 saturated heterocycles. The van der Waals surface area contributed by atoms with Crippen molar-refractivity contribution in [2.24, 2.45) is 0 Å². The maximum atomic E-state index is 11.7. The lowest BCUT2D eigenvalue weighted by atomic mass is 10.2. The van der Waals surface area contributed by atoms with E-state index < -0.39 is 0 Å². The van der Waals surface area contributed by atoms with Crippen molar-refractivity contribution in [3.8, 4) is 0 Å². The van der Waals surface area contributed by atoms with Crippen LogP contribution in [0.3, 0.4) is 0 Å². The Labute approximate surface area is 107 Å². The number of aromatic nitrogens is 2. The van der Waals surface area contributed by atoms with E-state index >= 15 is 0 Å². The first-order valence-electron chi connectivity index (χ1n) is 5.05. The number of halogens is 1. The highest BCUT2D eigenvalue weighted by Crippen LogP contribution is 2.06. The molecule has 2 heterocycles. The molecule has 1 N–H and O–H groups in total. The molecule has 0 saturated carbocycles. The summed E-state index contributed by atoms with van der Waals surface area (Å²) in [5, 5.41) is 2.78. The summed E-state index contributed by atoms with van der Waals surface area (Å²) in [6, 6.07) is 9.03. The van der Waals surface area contributed by atoms with E-state index in [0.29, 0.717) is 16.7 Å². The Kier molecular flexibility index (Phi) is 3.82. The fourth-order valence-corrected chi connectivity index (χ4v) is 1.52. The van der Waals surface area contributed by atoms with Crippen molar-refractivity contribution in [1.82, 2.24) is 15.3 Å². The van der Waals surface area contributed by atoms with Gasteiger partial charge in [-0.25, -0.2) is 4.98 Å². The van der Waals surface area contributed by atoms with Crippen LogP contribution in [0.1, 0.15) is 16.1 Å². The molecule has 2 rings (SSSR count). The number of nitrogens with zero attached hydrogens (tertiary/aromatic N) is 2. The third-order valence-corrected chi connectivity index (χ3v) is 2.61. The van der Waals surface area contributed by atoms with Gasteiger partial charge in [0.15, 0.2) is 0 Å². The number of hydrogen-bond acceptors (Lipinski definition) is 3. The molecule has 0 spiro atoms. The van der Waals surface area contributed by atoms with Gasteiger partial charge in [-0.15, -0.1) is 0 Å². The first-order chi connectivity index (χ1) is 8.25. The van der Waals surface area contributed by atoms with Crippen LogP contribution < -0.4 is 5.32 Å². The number of amides is 1. The van der Waals surface area contributed by atoms with Crippen LogP contribution in [0.25, 0.3) is 0 Å². The number of hydrogen-bond donors (Lipinski definition) is 1. The van der Waals surface area contributed by atoms with E-state index in [1.807, 2.05) is 18.2 Å². The third kappa shape index (κ3) is 3.35. The van der Waals surface area contributed by atoms with Gasteiger partial charge in [0.25, 0.3) is 5.91 Å². The van der Waals surface area contributed by atoms with Crippen LogP contribution in [-0.2, 0) is 6.54 Å². The SMILES string of the molecule is O=C(NCc1ccccn1)c1ccc(Br)nc1. The lowest BCUT2D eigenvalue weighted by Crippen LogP contribution is -2.23. The number of rotatable bonds is 3. The van der Waals surface area contributed by atoms with E-state index in [9.17, 15) is 4.79 Å². The predicted octanol–water partition coefficient (Wildman–Crippen LogP) is 2.17. The molecule has 0 atom stereocenters. The largest absolute Gasteiger partial charge is 0.346 e. The van der Waals surface area contributed by atoms with Gasteiger partial charge in [-0.3, -0.25) is 9.78 Å². The first-order valence-corrected chi connectivity index (χ1v) is 5.84. The molecule has 0 aromatic carbocycles. The molecule has 86 valence electrons. The molecule has 5 heteroatoms. The number of nitrogens with one attached hydrogen (secondary N) is 1. The van der Waals surface area contributed by atoms with Crippen LogP contribution in [0, 0.1) is 0 Å². The van der Waals surface area contributed by atoms with Crippen LogP contribution in [0.5, 0.6) is 0 Å². The lowest BCUT2D eigenvalue weighted by molar-refractivity contribution is 0.0950. The molecule has 0 aliphatic carbocycles. The van der Waals surface area contributed by atoms with Crippen LogP contribution in [0.4, 0.5) is 0 Å². The summed E-state index contributed by atoms with van der Waals surface area (Å²) < 4.78 is 0.707. The van der Waals surface area contributed by atoms with Crippen molar-refractivity contribution < 1.29 is 4.79 Å². The second kappa shape index (κ2) is 5.54. The molecule has 0 bridgehead atoms. The van der Waals surface area contributed by atoms with Crippen molar-refractivity contribution in [3.05, 3.63) is 58.6 Å². The molecule has 0 radical (unpaired) electrons. The Bertz CT molecular complexity index is 499. The van der Waals surface area contributed by atoms with Crippen LogP contribution >= 0.6 is 15.9 Å². The summed E-state index contributed by atoms with van der Waals surface area (Å²) in [7, 11) is 0. The molecule has 4 nitrogen and oxygen atoms in total. The van der Waals surface area contributed by atoms with Gasteiger partial charge in [-0.1, -0.05) is 6.07 Å². The van der Waals surface area contributed by atoms with Gasteiger partial charge >= 0.3 is 0 Å².